The molecule has 0 bridgehead atoms. The van der Waals surface area contributed by atoms with Crippen LogP contribution in [0.5, 0.6) is 0 Å². The van der Waals surface area contributed by atoms with Gasteiger partial charge in [0.15, 0.2) is 0 Å². The Hall–Kier alpha value is -0.0151. The van der Waals surface area contributed by atoms with Gasteiger partial charge in [-0.3, -0.25) is 0 Å². The minimum absolute atomic E-state index is 0.0146. The molecule has 0 aromatic rings. The van der Waals surface area contributed by atoms with Gasteiger partial charge in [0.25, 0.3) is 0 Å². The number of hydrogen-bond donors (Lipinski definition) is 0. The maximum atomic E-state index is 5.82. The second-order valence-corrected chi connectivity index (χ2v) is 4.60. The minimum Gasteiger partial charge on any atom is -0.414 e. The van der Waals surface area contributed by atoms with Crippen LogP contribution >= 0.6 is 0 Å². The van der Waals surface area contributed by atoms with E-state index in [0.717, 1.165) is 6.32 Å². The Bertz CT molecular complexity index is 140. The van der Waals surface area contributed by atoms with Gasteiger partial charge in [-0.2, -0.15) is 0 Å². The minimum atomic E-state index is -0.0146. The first-order valence-corrected chi connectivity index (χ1v) is 6.30. The van der Waals surface area contributed by atoms with Crippen molar-refractivity contribution in [3.05, 3.63) is 0 Å². The van der Waals surface area contributed by atoms with E-state index >= 15 is 0 Å². The third-order valence-corrected chi connectivity index (χ3v) is 2.86. The van der Waals surface area contributed by atoms with Crippen LogP contribution < -0.4 is 0 Å². The third kappa shape index (κ3) is 7.86. The highest BCUT2D eigenvalue weighted by Gasteiger charge is 2.20. The predicted molar refractivity (Wildman–Crippen MR) is 67.1 cm³/mol. The van der Waals surface area contributed by atoms with Crippen molar-refractivity contribution in [1.82, 2.24) is 0 Å². The summed E-state index contributed by atoms with van der Waals surface area (Å²) in [7, 11) is 1.72. The zero-order valence-electron chi connectivity index (χ0n) is 11.1. The Morgan fingerprint density at radius 1 is 1.07 bits per heavy atom. The zero-order chi connectivity index (χ0) is 11.7. The Morgan fingerprint density at radius 2 is 1.73 bits per heavy atom. The van der Waals surface area contributed by atoms with Crippen molar-refractivity contribution in [2.45, 2.75) is 65.8 Å². The number of unbranched alkanes of at least 4 members (excludes halogenated alkanes) is 3. The van der Waals surface area contributed by atoms with Gasteiger partial charge in [-0.25, -0.2) is 0 Å². The fourth-order valence-electron chi connectivity index (χ4n) is 1.38. The predicted octanol–water partition coefficient (Wildman–Crippen LogP) is 3.76. The van der Waals surface area contributed by atoms with Crippen LogP contribution in [0.2, 0.25) is 6.32 Å². The van der Waals surface area contributed by atoms with Gasteiger partial charge in [0, 0.05) is 13.2 Å². The summed E-state index contributed by atoms with van der Waals surface area (Å²) in [6, 6.07) is 0. The Kier molecular flexibility index (Phi) is 9.22. The van der Waals surface area contributed by atoms with Gasteiger partial charge >= 0.3 is 7.12 Å². The molecule has 0 amide bonds. The molecule has 0 rings (SSSR count). The normalized spacial score (nSPS) is 13.2. The molecule has 0 saturated heterocycles. The summed E-state index contributed by atoms with van der Waals surface area (Å²) in [6.07, 6.45) is 6.39. The van der Waals surface area contributed by atoms with Crippen LogP contribution in [-0.4, -0.2) is 20.3 Å². The molecule has 0 radical (unpaired) electrons. The first kappa shape index (κ1) is 15.0. The first-order valence-electron chi connectivity index (χ1n) is 6.30. The molecule has 0 aromatic heterocycles. The first-order chi connectivity index (χ1) is 7.11. The molecule has 0 aliphatic carbocycles. The summed E-state index contributed by atoms with van der Waals surface area (Å²) < 4.78 is 11.1. The van der Waals surface area contributed by atoms with E-state index in [1.165, 1.54) is 25.7 Å². The molecular weight excluding hydrogens is 187 g/mol. The van der Waals surface area contributed by atoms with Gasteiger partial charge in [-0.05, 0) is 19.2 Å². The summed E-state index contributed by atoms with van der Waals surface area (Å²) >= 11 is 0. The lowest BCUT2D eigenvalue weighted by Gasteiger charge is -2.21. The van der Waals surface area contributed by atoms with Crippen LogP contribution in [0.1, 0.15) is 53.4 Å². The van der Waals surface area contributed by atoms with Crippen molar-refractivity contribution in [3.8, 4) is 0 Å². The Morgan fingerprint density at radius 3 is 2.20 bits per heavy atom. The van der Waals surface area contributed by atoms with E-state index in [2.05, 4.69) is 27.7 Å². The molecule has 0 saturated carbocycles. The van der Waals surface area contributed by atoms with E-state index in [1.54, 1.807) is 7.11 Å². The summed E-state index contributed by atoms with van der Waals surface area (Å²) in [5, 5.41) is 0. The molecule has 15 heavy (non-hydrogen) atoms. The molecule has 90 valence electrons. The maximum Gasteiger partial charge on any atom is 0.456 e. The van der Waals surface area contributed by atoms with Gasteiger partial charge in [0.1, 0.15) is 0 Å². The summed E-state index contributed by atoms with van der Waals surface area (Å²) in [6.45, 7) is 8.69. The SMILES string of the molecule is CCCCCCB(OC)OC(C)C(C)C. The molecule has 0 heterocycles. The van der Waals surface area contributed by atoms with E-state index in [1.807, 2.05) is 0 Å². The summed E-state index contributed by atoms with van der Waals surface area (Å²) in [5.74, 6) is 0.554. The highest BCUT2D eigenvalue weighted by molar-refractivity contribution is 6.44. The third-order valence-electron chi connectivity index (χ3n) is 2.86. The van der Waals surface area contributed by atoms with Crippen molar-refractivity contribution in [2.24, 2.45) is 5.92 Å². The van der Waals surface area contributed by atoms with Gasteiger partial charge in [0.05, 0.1) is 0 Å². The lowest BCUT2D eigenvalue weighted by atomic mass is 9.81. The molecule has 0 spiro atoms. The van der Waals surface area contributed by atoms with Crippen LogP contribution in [0.15, 0.2) is 0 Å². The second-order valence-electron chi connectivity index (χ2n) is 4.60. The quantitative estimate of drug-likeness (QED) is 0.429. The van der Waals surface area contributed by atoms with Crippen LogP contribution in [0.25, 0.3) is 0 Å². The second kappa shape index (κ2) is 9.23. The van der Waals surface area contributed by atoms with Crippen LogP contribution in [0.4, 0.5) is 0 Å². The van der Waals surface area contributed by atoms with Gasteiger partial charge in [-0.1, -0.05) is 46.5 Å². The Labute approximate surface area is 95.9 Å². The molecule has 1 atom stereocenters. The van der Waals surface area contributed by atoms with E-state index in [9.17, 15) is 0 Å². The number of hydrogen-bond acceptors (Lipinski definition) is 2. The molecule has 3 heteroatoms. The van der Waals surface area contributed by atoms with Crippen molar-refractivity contribution in [3.63, 3.8) is 0 Å². The average Bonchev–Trinajstić information content (AvgIpc) is 2.22. The fourth-order valence-corrected chi connectivity index (χ4v) is 1.38. The molecular formula is C12H27BO2. The van der Waals surface area contributed by atoms with E-state index in [-0.39, 0.29) is 13.2 Å². The Balaban J connectivity index is 3.63. The topological polar surface area (TPSA) is 18.5 Å². The molecule has 0 aliphatic heterocycles. The zero-order valence-corrected chi connectivity index (χ0v) is 11.1. The highest BCUT2D eigenvalue weighted by atomic mass is 16.6. The average molecular weight is 214 g/mol. The van der Waals surface area contributed by atoms with Gasteiger partial charge in [0.2, 0.25) is 0 Å². The summed E-state index contributed by atoms with van der Waals surface area (Å²) in [5.41, 5.74) is 0. The fraction of sp³-hybridized carbons (Fsp3) is 1.00. The standard InChI is InChI=1S/C12H27BO2/c1-6-7-8-9-10-13(14-5)15-12(4)11(2)3/h11-12H,6-10H2,1-5H3. The highest BCUT2D eigenvalue weighted by Crippen LogP contribution is 2.12. The lowest BCUT2D eigenvalue weighted by molar-refractivity contribution is 0.127. The molecule has 2 nitrogen and oxygen atoms in total. The van der Waals surface area contributed by atoms with Crippen molar-refractivity contribution in [1.29, 1.82) is 0 Å². The van der Waals surface area contributed by atoms with E-state index in [4.69, 9.17) is 9.31 Å². The monoisotopic (exact) mass is 214 g/mol. The van der Waals surface area contributed by atoms with Crippen LogP contribution in [0, 0.1) is 5.92 Å². The van der Waals surface area contributed by atoms with Crippen molar-refractivity contribution >= 4 is 7.12 Å². The smallest absolute Gasteiger partial charge is 0.414 e. The van der Waals surface area contributed by atoms with Crippen LogP contribution in [-0.2, 0) is 9.31 Å². The molecule has 0 N–H and O–H groups in total. The van der Waals surface area contributed by atoms with Gasteiger partial charge in [-0.15, -0.1) is 0 Å². The summed E-state index contributed by atoms with van der Waals surface area (Å²) in [4.78, 5) is 0. The van der Waals surface area contributed by atoms with Gasteiger partial charge < -0.3 is 9.31 Å². The van der Waals surface area contributed by atoms with Crippen molar-refractivity contribution < 1.29 is 9.31 Å². The molecule has 0 fully saturated rings. The van der Waals surface area contributed by atoms with E-state index in [0.29, 0.717) is 5.92 Å². The van der Waals surface area contributed by atoms with Crippen LogP contribution in [0.3, 0.4) is 0 Å². The molecule has 0 aromatic carbocycles. The molecule has 0 aliphatic rings. The van der Waals surface area contributed by atoms with E-state index < -0.39 is 0 Å². The number of rotatable bonds is 9. The van der Waals surface area contributed by atoms with Crippen molar-refractivity contribution in [2.75, 3.05) is 7.11 Å². The maximum absolute atomic E-state index is 5.82. The largest absolute Gasteiger partial charge is 0.456 e. The molecule has 1 unspecified atom stereocenters. The lowest BCUT2D eigenvalue weighted by Crippen LogP contribution is -2.29.